The molecule has 1 atom stereocenters. The summed E-state index contributed by atoms with van der Waals surface area (Å²) in [5.74, 6) is 0.421. The number of sulfone groups is 1. The van der Waals surface area contributed by atoms with Gasteiger partial charge in [-0.05, 0) is 12.1 Å². The van der Waals surface area contributed by atoms with Crippen molar-refractivity contribution < 1.29 is 34.6 Å². The summed E-state index contributed by atoms with van der Waals surface area (Å²) in [7, 11) is -3.20. The second-order valence-corrected chi connectivity index (χ2v) is 8.02. The van der Waals surface area contributed by atoms with Crippen LogP contribution in [0.2, 0.25) is 0 Å². The van der Waals surface area contributed by atoms with E-state index in [1.165, 1.54) is 31.3 Å². The third-order valence-corrected chi connectivity index (χ3v) is 5.87. The Morgan fingerprint density at radius 1 is 1.22 bits per heavy atom. The van der Waals surface area contributed by atoms with E-state index in [-0.39, 0.29) is 32.0 Å². The van der Waals surface area contributed by atoms with Gasteiger partial charge in [0.1, 0.15) is 0 Å². The molecule has 1 aliphatic rings. The summed E-state index contributed by atoms with van der Waals surface area (Å²) in [6.07, 6.45) is 13.4. The zero-order valence-electron chi connectivity index (χ0n) is 13.9. The molecule has 2 nitrogen and oxygen atoms in total. The molecule has 0 N–H and O–H groups in total. The first-order valence-corrected chi connectivity index (χ1v) is 9.99. The molecule has 4 heteroatoms. The minimum Gasteiger partial charge on any atom is -0.499 e. The van der Waals surface area contributed by atoms with Gasteiger partial charge >= 0.3 is 26.2 Å². The summed E-state index contributed by atoms with van der Waals surface area (Å²) < 4.78 is 24.8. The molecule has 1 unspecified atom stereocenters. The Morgan fingerprint density at radius 3 is 2.65 bits per heavy atom. The van der Waals surface area contributed by atoms with E-state index in [2.05, 4.69) is 13.0 Å². The summed E-state index contributed by atoms with van der Waals surface area (Å²) in [5.41, 5.74) is 1.34. The molecule has 1 aromatic rings. The third kappa shape index (κ3) is 6.66. The van der Waals surface area contributed by atoms with E-state index in [4.69, 9.17) is 0 Å². The number of hydrogen-bond donors (Lipinski definition) is 0. The van der Waals surface area contributed by atoms with Crippen molar-refractivity contribution in [1.82, 2.24) is 0 Å². The SMILES string of the molecule is CCCC[C-]=C1CCCCC1[CH-]CS(=O)(=O)c1ccccc1.[Zr+2]. The fraction of sp³-hybridized carbons (Fsp3) is 0.526. The molecule has 0 bridgehead atoms. The molecule has 0 amide bonds. The van der Waals surface area contributed by atoms with E-state index in [1.54, 1.807) is 24.3 Å². The van der Waals surface area contributed by atoms with Gasteiger partial charge in [0.25, 0.3) is 0 Å². The maximum Gasteiger partial charge on any atom is 2.00 e. The Bertz CT molecular complexity index is 579. The minimum atomic E-state index is -3.20. The van der Waals surface area contributed by atoms with Gasteiger partial charge < -0.3 is 12.5 Å². The topological polar surface area (TPSA) is 34.1 Å². The van der Waals surface area contributed by atoms with Crippen LogP contribution in [-0.2, 0) is 36.0 Å². The number of hydrogen-bond acceptors (Lipinski definition) is 2. The third-order valence-electron chi connectivity index (χ3n) is 4.24. The zero-order valence-corrected chi connectivity index (χ0v) is 17.2. The van der Waals surface area contributed by atoms with Crippen molar-refractivity contribution in [2.75, 3.05) is 5.75 Å². The molecule has 0 aromatic heterocycles. The average Bonchev–Trinajstić information content (AvgIpc) is 2.55. The first-order valence-electron chi connectivity index (χ1n) is 8.34. The van der Waals surface area contributed by atoms with Crippen LogP contribution in [0.1, 0.15) is 51.9 Å². The van der Waals surface area contributed by atoms with Crippen LogP contribution in [0, 0.1) is 18.4 Å². The monoisotopic (exact) mass is 408 g/mol. The molecule has 0 radical (unpaired) electrons. The van der Waals surface area contributed by atoms with Crippen LogP contribution in [-0.4, -0.2) is 14.2 Å². The largest absolute Gasteiger partial charge is 2.00 e. The van der Waals surface area contributed by atoms with Crippen LogP contribution in [0.4, 0.5) is 0 Å². The van der Waals surface area contributed by atoms with E-state index in [0.717, 1.165) is 19.3 Å². The zero-order chi connectivity index (χ0) is 15.8. The van der Waals surface area contributed by atoms with Gasteiger partial charge in [-0.25, -0.2) is 8.42 Å². The van der Waals surface area contributed by atoms with E-state index < -0.39 is 9.84 Å². The maximum absolute atomic E-state index is 12.4. The Labute approximate surface area is 160 Å². The van der Waals surface area contributed by atoms with Crippen LogP contribution < -0.4 is 0 Å². The van der Waals surface area contributed by atoms with Crippen LogP contribution in [0.25, 0.3) is 0 Å². The molecule has 2 rings (SSSR count). The number of allylic oxidation sites excluding steroid dienone is 2. The first-order chi connectivity index (χ1) is 10.6. The fourth-order valence-electron chi connectivity index (χ4n) is 2.91. The molecule has 1 aromatic carbocycles. The van der Waals surface area contributed by atoms with Crippen molar-refractivity contribution in [3.05, 3.63) is 48.4 Å². The minimum absolute atomic E-state index is 0. The van der Waals surface area contributed by atoms with E-state index in [9.17, 15) is 8.42 Å². The molecule has 0 aliphatic heterocycles. The predicted octanol–water partition coefficient (Wildman–Crippen LogP) is 4.77. The van der Waals surface area contributed by atoms with Gasteiger partial charge in [0.15, 0.2) is 9.84 Å². The molecule has 23 heavy (non-hydrogen) atoms. The Morgan fingerprint density at radius 2 is 1.96 bits per heavy atom. The molecule has 1 aliphatic carbocycles. The van der Waals surface area contributed by atoms with Gasteiger partial charge in [-0.1, -0.05) is 69.4 Å². The second kappa shape index (κ2) is 10.6. The van der Waals surface area contributed by atoms with Crippen LogP contribution in [0.5, 0.6) is 0 Å². The quantitative estimate of drug-likeness (QED) is 0.480. The summed E-state index contributed by atoms with van der Waals surface area (Å²) in [6.45, 7) is 2.18. The van der Waals surface area contributed by atoms with E-state index in [0.29, 0.717) is 10.8 Å². The van der Waals surface area contributed by atoms with Crippen molar-refractivity contribution in [2.24, 2.45) is 5.92 Å². The predicted molar refractivity (Wildman–Crippen MR) is 91.0 cm³/mol. The van der Waals surface area contributed by atoms with Gasteiger partial charge in [0.05, 0.1) is 4.90 Å². The number of benzene rings is 1. The molecule has 1 saturated carbocycles. The molecule has 0 saturated heterocycles. The summed E-state index contributed by atoms with van der Waals surface area (Å²) >= 11 is 0. The molecule has 0 spiro atoms. The van der Waals surface area contributed by atoms with E-state index >= 15 is 0 Å². The second-order valence-electron chi connectivity index (χ2n) is 5.99. The summed E-state index contributed by atoms with van der Waals surface area (Å²) in [6, 6.07) is 8.74. The number of unbranched alkanes of at least 4 members (excludes halogenated alkanes) is 2. The van der Waals surface area contributed by atoms with Gasteiger partial charge in [-0.15, -0.1) is 0 Å². The van der Waals surface area contributed by atoms with Crippen LogP contribution in [0.15, 0.2) is 40.8 Å². The molecule has 124 valence electrons. The van der Waals surface area contributed by atoms with Crippen LogP contribution >= 0.6 is 0 Å². The van der Waals surface area contributed by atoms with Gasteiger partial charge in [-0.2, -0.15) is 12.3 Å². The fourth-order valence-corrected chi connectivity index (χ4v) is 4.16. The molecule has 1 fully saturated rings. The van der Waals surface area contributed by atoms with Crippen molar-refractivity contribution in [3.63, 3.8) is 0 Å². The molecular formula is C19H26O2SZr. The van der Waals surface area contributed by atoms with Crippen molar-refractivity contribution in [1.29, 1.82) is 0 Å². The Balaban J connectivity index is 0.00000264. The molecular weight excluding hydrogens is 383 g/mol. The van der Waals surface area contributed by atoms with Crippen molar-refractivity contribution in [3.8, 4) is 0 Å². The Hall–Kier alpha value is -0.207. The van der Waals surface area contributed by atoms with Crippen LogP contribution in [0.3, 0.4) is 0 Å². The smallest absolute Gasteiger partial charge is 0.499 e. The first kappa shape index (κ1) is 20.8. The average molecular weight is 410 g/mol. The number of rotatable bonds is 7. The summed E-state index contributed by atoms with van der Waals surface area (Å²) in [5, 5.41) is 0. The summed E-state index contributed by atoms with van der Waals surface area (Å²) in [4.78, 5) is 0.419. The normalized spacial score (nSPS) is 20.2. The maximum atomic E-state index is 12.4. The Kier molecular flexibility index (Phi) is 9.62. The van der Waals surface area contributed by atoms with E-state index in [1.807, 2.05) is 12.5 Å². The van der Waals surface area contributed by atoms with Gasteiger partial charge in [0.2, 0.25) is 0 Å². The van der Waals surface area contributed by atoms with Crippen molar-refractivity contribution in [2.45, 2.75) is 56.8 Å². The van der Waals surface area contributed by atoms with Gasteiger partial charge in [-0.3, -0.25) is 5.57 Å². The molecule has 0 heterocycles. The van der Waals surface area contributed by atoms with Crippen molar-refractivity contribution >= 4 is 9.84 Å². The standard InChI is InChI=1S/C19H26O2S.Zr/c1-2-3-5-10-17-11-8-9-12-18(17)15-16-22(20,21)19-13-6-4-7-14-19;/h4,6-7,13-15,18H,2-3,5,8-9,11-12,16H2,1H3;/q-2;+2. The van der Waals surface area contributed by atoms with Gasteiger partial charge in [0, 0.05) is 0 Å².